The molecule has 4 N–H and O–H groups in total. The van der Waals surface area contributed by atoms with Crippen molar-refractivity contribution in [1.82, 2.24) is 4.98 Å². The first kappa shape index (κ1) is 20.2. The van der Waals surface area contributed by atoms with Gasteiger partial charge >= 0.3 is 0 Å². The highest BCUT2D eigenvalue weighted by molar-refractivity contribution is 7.99. The molecule has 0 spiro atoms. The number of aromatic hydroxyl groups is 1. The van der Waals surface area contributed by atoms with Crippen LogP contribution in [0.3, 0.4) is 0 Å². The van der Waals surface area contributed by atoms with Gasteiger partial charge in [0, 0.05) is 17.0 Å². The molecule has 0 fully saturated rings. The monoisotopic (exact) mass is 396 g/mol. The van der Waals surface area contributed by atoms with Crippen molar-refractivity contribution in [2.75, 3.05) is 24.2 Å². The van der Waals surface area contributed by atoms with E-state index in [0.717, 1.165) is 16.9 Å². The molecule has 1 aromatic heterocycles. The fourth-order valence-electron chi connectivity index (χ4n) is 2.81. The highest BCUT2D eigenvalue weighted by Crippen LogP contribution is 2.33. The zero-order chi connectivity index (χ0) is 19.9. The van der Waals surface area contributed by atoms with Crippen LogP contribution >= 0.6 is 11.8 Å². The Bertz CT molecular complexity index is 916. The van der Waals surface area contributed by atoms with Crippen LogP contribution < -0.4 is 5.32 Å². The second kappa shape index (κ2) is 9.59. The molecule has 0 bridgehead atoms. The van der Waals surface area contributed by atoms with E-state index in [2.05, 4.69) is 41.5 Å². The van der Waals surface area contributed by atoms with Crippen LogP contribution in [0.25, 0.3) is 22.4 Å². The molecule has 1 heterocycles. The number of rotatable bonds is 8. The summed E-state index contributed by atoms with van der Waals surface area (Å²) in [6.07, 6.45) is -0.871. The largest absolute Gasteiger partial charge is 0.507 e. The van der Waals surface area contributed by atoms with Crippen molar-refractivity contribution in [1.29, 1.82) is 0 Å². The number of para-hydroxylation sites is 1. The molecule has 0 saturated carbocycles. The minimum absolute atomic E-state index is 0.156. The standard InChI is InChI=1S/C22H24N2O3S/c1-2-28-18-9-7-15(8-10-18)16-11-20(19-5-3-4-6-21(19)27)24-22(12-16)23-13-17(26)14-25/h3-12,17,25-27H,2,13-14H2,1H3,(H,23,24). The number of hydrogen-bond donors (Lipinski definition) is 4. The van der Waals surface area contributed by atoms with Gasteiger partial charge in [0.15, 0.2) is 0 Å². The molecule has 0 radical (unpaired) electrons. The van der Waals surface area contributed by atoms with Gasteiger partial charge in [-0.2, -0.15) is 0 Å². The summed E-state index contributed by atoms with van der Waals surface area (Å²) in [5, 5.41) is 32.0. The van der Waals surface area contributed by atoms with Gasteiger partial charge < -0.3 is 20.6 Å². The van der Waals surface area contributed by atoms with Crippen molar-refractivity contribution >= 4 is 17.6 Å². The van der Waals surface area contributed by atoms with E-state index in [4.69, 9.17) is 5.11 Å². The number of aliphatic hydroxyl groups excluding tert-OH is 2. The highest BCUT2D eigenvalue weighted by Gasteiger charge is 2.11. The van der Waals surface area contributed by atoms with E-state index in [1.54, 1.807) is 23.9 Å². The van der Waals surface area contributed by atoms with E-state index in [-0.39, 0.29) is 18.9 Å². The third-order valence-corrected chi connectivity index (χ3v) is 5.13. The maximum absolute atomic E-state index is 10.2. The molecule has 3 aromatic rings. The normalized spacial score (nSPS) is 12.0. The quantitative estimate of drug-likeness (QED) is 0.431. The Labute approximate surface area is 169 Å². The van der Waals surface area contributed by atoms with E-state index >= 15 is 0 Å². The van der Waals surface area contributed by atoms with Crippen molar-refractivity contribution in [2.24, 2.45) is 0 Å². The highest BCUT2D eigenvalue weighted by atomic mass is 32.2. The molecule has 1 atom stereocenters. The lowest BCUT2D eigenvalue weighted by molar-refractivity contribution is 0.105. The van der Waals surface area contributed by atoms with Crippen LogP contribution in [-0.4, -0.2) is 45.3 Å². The number of thioether (sulfide) groups is 1. The summed E-state index contributed by atoms with van der Waals surface area (Å²) in [4.78, 5) is 5.79. The van der Waals surface area contributed by atoms with Gasteiger partial charge in [0.05, 0.1) is 18.4 Å². The fourth-order valence-corrected chi connectivity index (χ4v) is 3.48. The summed E-state index contributed by atoms with van der Waals surface area (Å²) in [5.41, 5.74) is 3.24. The fraction of sp³-hybridized carbons (Fsp3) is 0.227. The van der Waals surface area contributed by atoms with Crippen LogP contribution in [0.15, 0.2) is 65.6 Å². The maximum atomic E-state index is 10.2. The molecule has 28 heavy (non-hydrogen) atoms. The average Bonchev–Trinajstić information content (AvgIpc) is 2.73. The number of pyridine rings is 1. The number of phenols is 1. The van der Waals surface area contributed by atoms with E-state index in [0.29, 0.717) is 17.1 Å². The van der Waals surface area contributed by atoms with Crippen LogP contribution in [0, 0.1) is 0 Å². The zero-order valence-electron chi connectivity index (χ0n) is 15.7. The molecule has 3 rings (SSSR count). The number of nitrogens with one attached hydrogen (secondary N) is 1. The predicted octanol–water partition coefficient (Wildman–Crippen LogP) is 4.00. The average molecular weight is 397 g/mol. The molecule has 0 amide bonds. The summed E-state index contributed by atoms with van der Waals surface area (Å²) in [6, 6.07) is 19.2. The predicted molar refractivity (Wildman–Crippen MR) is 115 cm³/mol. The zero-order valence-corrected chi connectivity index (χ0v) is 16.5. The smallest absolute Gasteiger partial charge is 0.127 e. The molecule has 0 aliphatic carbocycles. The Kier molecular flexibility index (Phi) is 6.92. The van der Waals surface area contributed by atoms with Crippen molar-refractivity contribution in [3.63, 3.8) is 0 Å². The molecular weight excluding hydrogens is 372 g/mol. The second-order valence-electron chi connectivity index (χ2n) is 6.32. The number of benzene rings is 2. The Morgan fingerprint density at radius 3 is 2.46 bits per heavy atom. The van der Waals surface area contributed by atoms with Crippen LogP contribution in [0.2, 0.25) is 0 Å². The van der Waals surface area contributed by atoms with Gasteiger partial charge in [-0.05, 0) is 53.3 Å². The van der Waals surface area contributed by atoms with Crippen LogP contribution in [-0.2, 0) is 0 Å². The van der Waals surface area contributed by atoms with Crippen molar-refractivity contribution in [2.45, 2.75) is 17.9 Å². The van der Waals surface area contributed by atoms with Crippen molar-refractivity contribution in [3.05, 3.63) is 60.7 Å². The van der Waals surface area contributed by atoms with Gasteiger partial charge in [-0.15, -0.1) is 11.8 Å². The summed E-state index contributed by atoms with van der Waals surface area (Å²) >= 11 is 1.79. The van der Waals surface area contributed by atoms with Gasteiger partial charge in [-0.1, -0.05) is 31.2 Å². The first-order valence-corrected chi connectivity index (χ1v) is 10.2. The van der Waals surface area contributed by atoms with Gasteiger partial charge in [0.25, 0.3) is 0 Å². The number of aromatic nitrogens is 1. The minimum Gasteiger partial charge on any atom is -0.507 e. The Hall–Kier alpha value is -2.54. The van der Waals surface area contributed by atoms with E-state index in [9.17, 15) is 10.2 Å². The molecule has 1 unspecified atom stereocenters. The van der Waals surface area contributed by atoms with E-state index in [1.807, 2.05) is 24.3 Å². The van der Waals surface area contributed by atoms with Crippen LogP contribution in [0.1, 0.15) is 6.92 Å². The molecule has 146 valence electrons. The lowest BCUT2D eigenvalue weighted by Crippen LogP contribution is -2.23. The van der Waals surface area contributed by atoms with Crippen LogP contribution in [0.5, 0.6) is 5.75 Å². The Morgan fingerprint density at radius 2 is 1.79 bits per heavy atom. The lowest BCUT2D eigenvalue weighted by Gasteiger charge is -2.14. The summed E-state index contributed by atoms with van der Waals surface area (Å²) in [6.45, 7) is 1.98. The van der Waals surface area contributed by atoms with E-state index in [1.165, 1.54) is 4.90 Å². The number of hydrogen-bond acceptors (Lipinski definition) is 6. The third-order valence-electron chi connectivity index (χ3n) is 4.23. The topological polar surface area (TPSA) is 85.6 Å². The lowest BCUT2D eigenvalue weighted by atomic mass is 10.0. The molecule has 0 saturated heterocycles. The summed E-state index contributed by atoms with van der Waals surface area (Å²) < 4.78 is 0. The first-order valence-electron chi connectivity index (χ1n) is 9.17. The Balaban J connectivity index is 2.00. The Morgan fingerprint density at radius 1 is 1.04 bits per heavy atom. The SMILES string of the molecule is CCSc1ccc(-c2cc(NCC(O)CO)nc(-c3ccccc3O)c2)cc1. The van der Waals surface area contributed by atoms with Gasteiger partial charge in [0.1, 0.15) is 11.6 Å². The molecule has 6 heteroatoms. The van der Waals surface area contributed by atoms with Gasteiger partial charge in [-0.25, -0.2) is 4.98 Å². The van der Waals surface area contributed by atoms with Crippen molar-refractivity contribution < 1.29 is 15.3 Å². The summed E-state index contributed by atoms with van der Waals surface area (Å²) in [5.74, 6) is 1.74. The van der Waals surface area contributed by atoms with Gasteiger partial charge in [0.2, 0.25) is 0 Å². The number of nitrogens with zero attached hydrogens (tertiary/aromatic N) is 1. The minimum atomic E-state index is -0.871. The number of anilines is 1. The van der Waals surface area contributed by atoms with Crippen LogP contribution in [0.4, 0.5) is 5.82 Å². The van der Waals surface area contributed by atoms with Crippen molar-refractivity contribution in [3.8, 4) is 28.1 Å². The molecule has 0 aliphatic heterocycles. The second-order valence-corrected chi connectivity index (χ2v) is 7.66. The summed E-state index contributed by atoms with van der Waals surface area (Å²) in [7, 11) is 0. The molecular formula is C22H24N2O3S. The molecule has 0 aliphatic rings. The number of phenolic OH excluding ortho intramolecular Hbond substituents is 1. The maximum Gasteiger partial charge on any atom is 0.127 e. The molecule has 5 nitrogen and oxygen atoms in total. The first-order chi connectivity index (χ1) is 13.6. The van der Waals surface area contributed by atoms with E-state index < -0.39 is 6.10 Å². The number of aliphatic hydroxyl groups is 2. The molecule has 2 aromatic carbocycles. The van der Waals surface area contributed by atoms with Gasteiger partial charge in [-0.3, -0.25) is 0 Å². The third kappa shape index (κ3) is 5.04.